The molecule has 19 heavy (non-hydrogen) atoms. The lowest BCUT2D eigenvalue weighted by Crippen LogP contribution is -2.21. The number of fused-ring (bicyclic) bond motifs is 1. The second-order valence-electron chi connectivity index (χ2n) is 3.94. The van der Waals surface area contributed by atoms with Gasteiger partial charge in [0.1, 0.15) is 0 Å². The van der Waals surface area contributed by atoms with Gasteiger partial charge in [0.15, 0.2) is 0 Å². The fourth-order valence-electron chi connectivity index (χ4n) is 1.62. The van der Waals surface area contributed by atoms with E-state index in [1.165, 1.54) is 9.13 Å². The predicted molar refractivity (Wildman–Crippen MR) is 69.5 cm³/mol. The van der Waals surface area contributed by atoms with E-state index in [-0.39, 0.29) is 6.04 Å². The summed E-state index contributed by atoms with van der Waals surface area (Å²) >= 11 is 2.25. The van der Waals surface area contributed by atoms with E-state index in [9.17, 15) is 18.3 Å². The molecule has 0 spiro atoms. The van der Waals surface area contributed by atoms with Crippen LogP contribution in [0.3, 0.4) is 0 Å². The summed E-state index contributed by atoms with van der Waals surface area (Å²) in [7, 11) is 0. The summed E-state index contributed by atoms with van der Waals surface area (Å²) in [5, 5.41) is 16.6. The highest BCUT2D eigenvalue weighted by atomic mass is 127. The van der Waals surface area contributed by atoms with Gasteiger partial charge in [0.25, 0.3) is 0 Å². The topological polar surface area (TPSA) is 83.5 Å². The van der Waals surface area contributed by atoms with Gasteiger partial charge in [-0.25, -0.2) is 4.79 Å². The molecule has 2 rings (SSSR count). The minimum atomic E-state index is -5.08. The molecular weight excluding hydrogens is 378 g/mol. The summed E-state index contributed by atoms with van der Waals surface area (Å²) in [5.74, 6) is -2.76. The highest BCUT2D eigenvalue weighted by Crippen LogP contribution is 2.30. The molecule has 4 nitrogen and oxygen atoms in total. The fourth-order valence-corrected chi connectivity index (χ4v) is 2.14. The number of benzene rings is 1. The largest absolute Gasteiger partial charge is 0.490 e. The van der Waals surface area contributed by atoms with Gasteiger partial charge in [0, 0.05) is 9.99 Å². The zero-order chi connectivity index (χ0) is 14.8. The Labute approximate surface area is 120 Å². The van der Waals surface area contributed by atoms with Crippen LogP contribution in [0, 0.1) is 3.57 Å². The Morgan fingerprint density at radius 2 is 1.95 bits per heavy atom. The van der Waals surface area contributed by atoms with Crippen molar-refractivity contribution in [3.05, 3.63) is 32.9 Å². The van der Waals surface area contributed by atoms with Crippen molar-refractivity contribution in [2.45, 2.75) is 24.7 Å². The molecule has 0 amide bonds. The predicted octanol–water partition coefficient (Wildman–Crippen LogP) is 1.84. The highest BCUT2D eigenvalue weighted by molar-refractivity contribution is 14.1. The molecule has 8 heteroatoms. The van der Waals surface area contributed by atoms with E-state index in [1.807, 2.05) is 12.1 Å². The van der Waals surface area contributed by atoms with Crippen LogP contribution >= 0.6 is 22.6 Å². The number of hydrogen-bond acceptors (Lipinski definition) is 3. The van der Waals surface area contributed by atoms with Crippen molar-refractivity contribution in [1.29, 1.82) is 0 Å². The third kappa shape index (κ3) is 4.32. The number of carbonyl (C=O) groups is 1. The Bertz CT molecular complexity index is 479. The first-order valence-corrected chi connectivity index (χ1v) is 6.23. The second-order valence-corrected chi connectivity index (χ2v) is 5.19. The molecule has 0 saturated carbocycles. The van der Waals surface area contributed by atoms with Crippen LogP contribution in [-0.2, 0) is 11.2 Å². The Morgan fingerprint density at radius 1 is 1.42 bits per heavy atom. The fraction of sp³-hybridized carbons (Fsp3) is 0.364. The molecule has 1 unspecified atom stereocenters. The average Bonchev–Trinajstić information content (AvgIpc) is 2.55. The van der Waals surface area contributed by atoms with E-state index in [4.69, 9.17) is 15.6 Å². The zero-order valence-corrected chi connectivity index (χ0v) is 11.6. The molecule has 1 aromatic carbocycles. The zero-order valence-electron chi connectivity index (χ0n) is 9.49. The Hall–Kier alpha value is -0.870. The van der Waals surface area contributed by atoms with Gasteiger partial charge in [-0.3, -0.25) is 0 Å². The van der Waals surface area contributed by atoms with Crippen molar-refractivity contribution in [3.8, 4) is 0 Å². The first-order chi connectivity index (χ1) is 8.62. The summed E-state index contributed by atoms with van der Waals surface area (Å²) in [4.78, 5) is 8.90. The molecule has 0 aromatic heterocycles. The normalized spacial score (nSPS) is 21.4. The van der Waals surface area contributed by atoms with Crippen LogP contribution in [0.25, 0.3) is 0 Å². The summed E-state index contributed by atoms with van der Waals surface area (Å²) in [6.07, 6.45) is -4.77. The molecule has 0 radical (unpaired) electrons. The Morgan fingerprint density at radius 3 is 2.42 bits per heavy atom. The van der Waals surface area contributed by atoms with Crippen LogP contribution < -0.4 is 5.73 Å². The van der Waals surface area contributed by atoms with Gasteiger partial charge in [0.2, 0.25) is 0 Å². The van der Waals surface area contributed by atoms with Crippen LogP contribution in [0.5, 0.6) is 0 Å². The van der Waals surface area contributed by atoms with Crippen molar-refractivity contribution >= 4 is 28.6 Å². The van der Waals surface area contributed by atoms with E-state index >= 15 is 0 Å². The maximum Gasteiger partial charge on any atom is 0.490 e. The van der Waals surface area contributed by atoms with Gasteiger partial charge < -0.3 is 15.9 Å². The number of rotatable bonds is 0. The maximum atomic E-state index is 10.6. The minimum Gasteiger partial charge on any atom is -0.475 e. The molecule has 0 heterocycles. The number of alkyl halides is 3. The second kappa shape index (κ2) is 6.06. The first-order valence-electron chi connectivity index (χ1n) is 5.15. The van der Waals surface area contributed by atoms with Crippen LogP contribution in [-0.4, -0.2) is 28.5 Å². The van der Waals surface area contributed by atoms with E-state index in [2.05, 4.69) is 28.7 Å². The molecule has 0 bridgehead atoms. The van der Waals surface area contributed by atoms with E-state index in [0.29, 0.717) is 6.42 Å². The van der Waals surface area contributed by atoms with E-state index in [0.717, 1.165) is 5.56 Å². The minimum absolute atomic E-state index is 0.185. The molecule has 0 fully saturated rings. The third-order valence-corrected chi connectivity index (χ3v) is 3.22. The number of carboxylic acid groups (broad SMARTS) is 1. The molecule has 1 aliphatic rings. The molecule has 0 aliphatic heterocycles. The standard InChI is InChI=1S/C9H10INO.C2HF3O2/c10-6-2-1-5-3-8(12)9(11)7(5)4-6;3-2(4,5)1(6)7/h1-2,4,8-9,12H,3,11H2;(H,6,7)/t8-,9?;/m1./s1. The highest BCUT2D eigenvalue weighted by Gasteiger charge is 2.38. The number of halogens is 4. The van der Waals surface area contributed by atoms with Crippen molar-refractivity contribution < 1.29 is 28.2 Å². The van der Waals surface area contributed by atoms with Crippen molar-refractivity contribution in [2.75, 3.05) is 0 Å². The van der Waals surface area contributed by atoms with Gasteiger partial charge in [-0.2, -0.15) is 13.2 Å². The number of aliphatic hydroxyl groups excluding tert-OH is 1. The van der Waals surface area contributed by atoms with Crippen LogP contribution in [0.2, 0.25) is 0 Å². The number of carboxylic acids is 1. The van der Waals surface area contributed by atoms with E-state index in [1.54, 1.807) is 0 Å². The van der Waals surface area contributed by atoms with Gasteiger partial charge in [0.05, 0.1) is 12.1 Å². The van der Waals surface area contributed by atoms with Gasteiger partial charge >= 0.3 is 12.1 Å². The number of aliphatic carboxylic acids is 1. The Kier molecular flexibility index (Phi) is 5.16. The lowest BCUT2D eigenvalue weighted by Gasteiger charge is -2.08. The summed E-state index contributed by atoms with van der Waals surface area (Å²) in [6.45, 7) is 0. The molecular formula is C11H11F3INO3. The maximum absolute atomic E-state index is 10.6. The number of hydrogen-bond donors (Lipinski definition) is 3. The van der Waals surface area contributed by atoms with Gasteiger partial charge in [-0.15, -0.1) is 0 Å². The lowest BCUT2D eigenvalue weighted by molar-refractivity contribution is -0.192. The smallest absolute Gasteiger partial charge is 0.475 e. The molecule has 1 aliphatic carbocycles. The molecule has 0 saturated heterocycles. The van der Waals surface area contributed by atoms with Crippen molar-refractivity contribution in [1.82, 2.24) is 0 Å². The monoisotopic (exact) mass is 389 g/mol. The summed E-state index contributed by atoms with van der Waals surface area (Å²) in [6, 6.07) is 5.96. The average molecular weight is 389 g/mol. The van der Waals surface area contributed by atoms with Gasteiger partial charge in [-0.1, -0.05) is 6.07 Å². The molecule has 2 atom stereocenters. The lowest BCUT2D eigenvalue weighted by atomic mass is 10.1. The van der Waals surface area contributed by atoms with Crippen LogP contribution in [0.15, 0.2) is 18.2 Å². The number of aliphatic hydroxyl groups is 1. The quantitative estimate of drug-likeness (QED) is 0.592. The number of nitrogens with two attached hydrogens (primary N) is 1. The summed E-state index contributed by atoms with van der Waals surface area (Å²) < 4.78 is 32.9. The molecule has 106 valence electrons. The van der Waals surface area contributed by atoms with Crippen LogP contribution in [0.1, 0.15) is 17.2 Å². The van der Waals surface area contributed by atoms with Crippen LogP contribution in [0.4, 0.5) is 13.2 Å². The van der Waals surface area contributed by atoms with Crippen molar-refractivity contribution in [2.24, 2.45) is 5.73 Å². The summed E-state index contributed by atoms with van der Waals surface area (Å²) in [5.41, 5.74) is 8.10. The van der Waals surface area contributed by atoms with E-state index < -0.39 is 18.2 Å². The SMILES string of the molecule is NC1c2cc(I)ccc2C[C@H]1O.O=C(O)C(F)(F)F. The Balaban J connectivity index is 0.000000224. The third-order valence-electron chi connectivity index (χ3n) is 2.55. The first kappa shape index (κ1) is 16.2. The van der Waals surface area contributed by atoms with Crippen molar-refractivity contribution in [3.63, 3.8) is 0 Å². The molecule has 4 N–H and O–H groups in total. The van der Waals surface area contributed by atoms with Gasteiger partial charge in [-0.05, 0) is 45.9 Å². The molecule has 1 aromatic rings.